The van der Waals surface area contributed by atoms with Gasteiger partial charge in [-0.1, -0.05) is 27.2 Å². The Labute approximate surface area is 222 Å². The number of nitrogens with zero attached hydrogens (tertiary/aromatic N) is 1. The summed E-state index contributed by atoms with van der Waals surface area (Å²) in [6.45, 7) is 7.57. The van der Waals surface area contributed by atoms with Gasteiger partial charge in [-0.05, 0) is 48.8 Å². The zero-order valence-corrected chi connectivity index (χ0v) is 22.2. The van der Waals surface area contributed by atoms with Crippen molar-refractivity contribution in [1.29, 1.82) is 0 Å². The molecule has 1 fully saturated rings. The quantitative estimate of drug-likeness (QED) is 0.294. The molecule has 10 heteroatoms. The highest BCUT2D eigenvalue weighted by Gasteiger charge is 2.31. The monoisotopic (exact) mass is 527 g/mol. The highest BCUT2D eigenvalue weighted by atomic mass is 16.7. The zero-order chi connectivity index (χ0) is 27.2. The molecule has 3 unspecified atom stereocenters. The van der Waals surface area contributed by atoms with E-state index in [1.54, 1.807) is 0 Å². The second-order valence-corrected chi connectivity index (χ2v) is 10.6. The van der Waals surface area contributed by atoms with Crippen LogP contribution in [0.25, 0.3) is 0 Å². The molecule has 1 aliphatic heterocycles. The Balaban J connectivity index is 1.40. The van der Waals surface area contributed by atoms with Crippen LogP contribution in [0.15, 0.2) is 30.3 Å². The number of nitrogens with one attached hydrogen (secondary N) is 2. The number of phenolic OH excluding ortho intramolecular Hbond substituents is 1. The van der Waals surface area contributed by atoms with E-state index < -0.39 is 4.92 Å². The standard InChI is InChI=1S/C28H37N3O7/c1-17(2)24-6-4-18(3)8-26(24)37-15-27(33)30-13-20-9-22(10-21-14-36-16-38-28(20)21)29-12-19-11-23(31(34)35)5-7-25(19)32/h5,7,9-11,17-18,24,26,29,32H,4,6,8,12-16H2,1-3H3,(H,30,33). The van der Waals surface area contributed by atoms with E-state index in [-0.39, 0.29) is 49.9 Å². The summed E-state index contributed by atoms with van der Waals surface area (Å²) in [4.78, 5) is 23.3. The minimum absolute atomic E-state index is 0.0107. The van der Waals surface area contributed by atoms with Crippen molar-refractivity contribution in [2.45, 2.75) is 65.8 Å². The average molecular weight is 528 g/mol. The molecule has 2 aliphatic rings. The maximum Gasteiger partial charge on any atom is 0.270 e. The van der Waals surface area contributed by atoms with Gasteiger partial charge in [-0.25, -0.2) is 0 Å². The Hall–Kier alpha value is -3.37. The number of rotatable bonds is 10. The van der Waals surface area contributed by atoms with Crippen molar-refractivity contribution >= 4 is 17.3 Å². The van der Waals surface area contributed by atoms with Crippen molar-refractivity contribution < 1.29 is 29.0 Å². The molecule has 0 bridgehead atoms. The third kappa shape index (κ3) is 6.93. The first-order valence-electron chi connectivity index (χ1n) is 13.2. The summed E-state index contributed by atoms with van der Waals surface area (Å²) in [5.41, 5.74) is 2.60. The number of carbonyl (C=O) groups is 1. The van der Waals surface area contributed by atoms with E-state index >= 15 is 0 Å². The van der Waals surface area contributed by atoms with Crippen LogP contribution in [0.1, 0.15) is 56.7 Å². The van der Waals surface area contributed by atoms with Gasteiger partial charge in [0.05, 0.1) is 17.6 Å². The summed E-state index contributed by atoms with van der Waals surface area (Å²) in [5.74, 6) is 2.03. The molecule has 1 saturated carbocycles. The smallest absolute Gasteiger partial charge is 0.270 e. The Morgan fingerprint density at radius 3 is 2.79 bits per heavy atom. The molecular formula is C28H37N3O7. The summed E-state index contributed by atoms with van der Waals surface area (Å²) in [5, 5.41) is 27.4. The van der Waals surface area contributed by atoms with Gasteiger partial charge in [0.15, 0.2) is 6.79 Å². The molecule has 3 N–H and O–H groups in total. The fourth-order valence-electron chi connectivity index (χ4n) is 5.29. The van der Waals surface area contributed by atoms with Crippen LogP contribution in [0.5, 0.6) is 11.5 Å². The zero-order valence-electron chi connectivity index (χ0n) is 22.2. The van der Waals surface area contributed by atoms with E-state index in [2.05, 4.69) is 31.4 Å². The van der Waals surface area contributed by atoms with Crippen LogP contribution in [0, 0.1) is 27.9 Å². The van der Waals surface area contributed by atoms with Gasteiger partial charge in [-0.15, -0.1) is 0 Å². The molecule has 2 aromatic carbocycles. The first-order chi connectivity index (χ1) is 18.2. The van der Waals surface area contributed by atoms with Gasteiger partial charge in [0.25, 0.3) is 5.69 Å². The average Bonchev–Trinajstić information content (AvgIpc) is 2.89. The van der Waals surface area contributed by atoms with E-state index in [9.17, 15) is 20.0 Å². The molecule has 0 saturated heterocycles. The van der Waals surface area contributed by atoms with Crippen LogP contribution in [0.2, 0.25) is 0 Å². The second-order valence-electron chi connectivity index (χ2n) is 10.6. The fourth-order valence-corrected chi connectivity index (χ4v) is 5.29. The lowest BCUT2D eigenvalue weighted by Gasteiger charge is -2.37. The number of anilines is 1. The number of amides is 1. The molecule has 3 atom stereocenters. The number of benzene rings is 2. The molecule has 38 heavy (non-hydrogen) atoms. The van der Waals surface area contributed by atoms with E-state index in [1.165, 1.54) is 24.6 Å². The number of hydrogen-bond donors (Lipinski definition) is 3. The predicted octanol–water partition coefficient (Wildman–Crippen LogP) is 4.87. The fraction of sp³-hybridized carbons (Fsp3) is 0.536. The Morgan fingerprint density at radius 2 is 2.03 bits per heavy atom. The van der Waals surface area contributed by atoms with Crippen LogP contribution in [-0.2, 0) is 34.0 Å². The molecule has 0 aromatic heterocycles. The topological polar surface area (TPSA) is 132 Å². The van der Waals surface area contributed by atoms with E-state index in [4.69, 9.17) is 14.2 Å². The predicted molar refractivity (Wildman–Crippen MR) is 142 cm³/mol. The third-order valence-corrected chi connectivity index (χ3v) is 7.41. The Bertz CT molecular complexity index is 1150. The van der Waals surface area contributed by atoms with E-state index in [0.29, 0.717) is 41.4 Å². The SMILES string of the molecule is CC1CCC(C(C)C)C(OCC(=O)NCc2cc(NCc3cc([N+](=O)[O-])ccc3O)cc3c2OCOC3)C1. The summed E-state index contributed by atoms with van der Waals surface area (Å²) < 4.78 is 17.2. The molecule has 0 radical (unpaired) electrons. The minimum Gasteiger partial charge on any atom is -0.508 e. The maximum atomic E-state index is 12.7. The molecule has 1 aliphatic carbocycles. The van der Waals surface area contributed by atoms with Crippen molar-refractivity contribution in [3.8, 4) is 11.5 Å². The number of nitro groups is 1. The normalized spacial score (nSPS) is 20.9. The van der Waals surface area contributed by atoms with Gasteiger partial charge in [0.2, 0.25) is 5.91 Å². The largest absolute Gasteiger partial charge is 0.508 e. The number of ether oxygens (including phenoxy) is 3. The summed E-state index contributed by atoms with van der Waals surface area (Å²) in [6, 6.07) is 7.63. The Kier molecular flexibility index (Phi) is 9.06. The maximum absolute atomic E-state index is 12.7. The van der Waals surface area contributed by atoms with Crippen LogP contribution < -0.4 is 15.4 Å². The third-order valence-electron chi connectivity index (χ3n) is 7.41. The minimum atomic E-state index is -0.501. The van der Waals surface area contributed by atoms with Gasteiger partial charge < -0.3 is 30.0 Å². The number of non-ortho nitro benzene ring substituents is 1. The molecule has 4 rings (SSSR count). The van der Waals surface area contributed by atoms with Crippen LogP contribution >= 0.6 is 0 Å². The van der Waals surface area contributed by atoms with Crippen LogP contribution in [-0.4, -0.2) is 35.4 Å². The highest BCUT2D eigenvalue weighted by Crippen LogP contribution is 2.35. The summed E-state index contributed by atoms with van der Waals surface area (Å²) in [7, 11) is 0. The molecular weight excluding hydrogens is 490 g/mol. The summed E-state index contributed by atoms with van der Waals surface area (Å²) >= 11 is 0. The van der Waals surface area contributed by atoms with E-state index in [0.717, 1.165) is 24.0 Å². The van der Waals surface area contributed by atoms with Gasteiger partial charge in [-0.3, -0.25) is 14.9 Å². The molecule has 1 amide bonds. The van der Waals surface area contributed by atoms with Gasteiger partial charge in [-0.2, -0.15) is 0 Å². The number of aromatic hydroxyl groups is 1. The van der Waals surface area contributed by atoms with Crippen molar-refractivity contribution in [3.05, 3.63) is 57.1 Å². The van der Waals surface area contributed by atoms with Gasteiger partial charge in [0, 0.05) is 47.6 Å². The lowest BCUT2D eigenvalue weighted by Crippen LogP contribution is -2.37. The molecule has 206 valence electrons. The lowest BCUT2D eigenvalue weighted by molar-refractivity contribution is -0.384. The van der Waals surface area contributed by atoms with Crippen molar-refractivity contribution in [1.82, 2.24) is 5.32 Å². The number of fused-ring (bicyclic) bond motifs is 1. The van der Waals surface area contributed by atoms with Crippen LogP contribution in [0.3, 0.4) is 0 Å². The van der Waals surface area contributed by atoms with Crippen molar-refractivity contribution in [2.24, 2.45) is 17.8 Å². The van der Waals surface area contributed by atoms with Gasteiger partial charge in [0.1, 0.15) is 18.1 Å². The number of phenols is 1. The second kappa shape index (κ2) is 12.4. The summed E-state index contributed by atoms with van der Waals surface area (Å²) in [6.07, 6.45) is 3.40. The molecule has 10 nitrogen and oxygen atoms in total. The van der Waals surface area contributed by atoms with Crippen LogP contribution in [0.4, 0.5) is 11.4 Å². The Morgan fingerprint density at radius 1 is 1.21 bits per heavy atom. The number of hydrogen-bond acceptors (Lipinski definition) is 8. The molecule has 0 spiro atoms. The van der Waals surface area contributed by atoms with E-state index in [1.807, 2.05) is 12.1 Å². The lowest BCUT2D eigenvalue weighted by atomic mass is 9.75. The first-order valence-corrected chi connectivity index (χ1v) is 13.2. The van der Waals surface area contributed by atoms with Crippen molar-refractivity contribution in [2.75, 3.05) is 18.7 Å². The highest BCUT2D eigenvalue weighted by molar-refractivity contribution is 5.77. The van der Waals surface area contributed by atoms with Gasteiger partial charge >= 0.3 is 0 Å². The molecule has 1 heterocycles. The first kappa shape index (κ1) is 27.7. The molecule has 2 aromatic rings. The number of nitro benzene ring substituents is 1. The van der Waals surface area contributed by atoms with Crippen molar-refractivity contribution in [3.63, 3.8) is 0 Å². The number of carbonyl (C=O) groups excluding carboxylic acids is 1.